The van der Waals surface area contributed by atoms with Crippen LogP contribution >= 0.6 is 0 Å². The van der Waals surface area contributed by atoms with Gasteiger partial charge < -0.3 is 4.74 Å². The van der Waals surface area contributed by atoms with E-state index in [0.29, 0.717) is 0 Å². The van der Waals surface area contributed by atoms with Crippen molar-refractivity contribution in [3.05, 3.63) is 42.9 Å². The zero-order valence-electron chi connectivity index (χ0n) is 9.42. The van der Waals surface area contributed by atoms with E-state index in [1.807, 2.05) is 44.2 Å². The van der Waals surface area contributed by atoms with Gasteiger partial charge in [0.1, 0.15) is 12.0 Å². The normalized spacial score (nSPS) is 10.4. The molecule has 0 spiro atoms. The van der Waals surface area contributed by atoms with Crippen LogP contribution in [0.1, 0.15) is 13.8 Å². The zero-order chi connectivity index (χ0) is 11.4. The highest BCUT2D eigenvalue weighted by atomic mass is 16.5. The van der Waals surface area contributed by atoms with Gasteiger partial charge in [-0.1, -0.05) is 30.3 Å². The molecular weight excluding hydrogens is 200 g/mol. The van der Waals surface area contributed by atoms with Crippen molar-refractivity contribution in [3.8, 4) is 17.0 Å². The molecule has 0 bridgehead atoms. The van der Waals surface area contributed by atoms with E-state index in [2.05, 4.69) is 9.97 Å². The monoisotopic (exact) mass is 214 g/mol. The van der Waals surface area contributed by atoms with Crippen LogP contribution in [0.3, 0.4) is 0 Å². The third-order valence-electron chi connectivity index (χ3n) is 2.09. The second-order valence-electron chi connectivity index (χ2n) is 3.77. The van der Waals surface area contributed by atoms with Gasteiger partial charge in [-0.25, -0.2) is 9.97 Å². The number of ether oxygens (including phenoxy) is 1. The Kier molecular flexibility index (Phi) is 3.15. The number of rotatable bonds is 3. The van der Waals surface area contributed by atoms with Crippen molar-refractivity contribution in [1.29, 1.82) is 0 Å². The summed E-state index contributed by atoms with van der Waals surface area (Å²) in [5.74, 6) is 0.726. The Morgan fingerprint density at radius 2 is 1.88 bits per heavy atom. The molecule has 0 saturated heterocycles. The number of hydrogen-bond donors (Lipinski definition) is 0. The van der Waals surface area contributed by atoms with Gasteiger partial charge in [0.05, 0.1) is 12.3 Å². The Morgan fingerprint density at radius 3 is 2.56 bits per heavy atom. The molecule has 0 aliphatic heterocycles. The lowest BCUT2D eigenvalue weighted by Gasteiger charge is -2.12. The minimum Gasteiger partial charge on any atom is -0.487 e. The lowest BCUT2D eigenvalue weighted by atomic mass is 10.1. The second-order valence-corrected chi connectivity index (χ2v) is 3.77. The highest BCUT2D eigenvalue weighted by molar-refractivity contribution is 5.65. The first-order chi connectivity index (χ1) is 7.77. The Bertz CT molecular complexity index is 454. The van der Waals surface area contributed by atoms with E-state index in [0.717, 1.165) is 17.0 Å². The van der Waals surface area contributed by atoms with Crippen molar-refractivity contribution >= 4 is 0 Å². The smallest absolute Gasteiger partial charge is 0.164 e. The molecule has 1 aromatic carbocycles. The maximum absolute atomic E-state index is 5.67. The standard InChI is InChI=1S/C13H14N2O/c1-10(2)16-12-8-14-9-15-13(12)11-6-4-3-5-7-11/h3-10H,1-2H3. The Balaban J connectivity index is 2.41. The molecule has 0 aliphatic rings. The van der Waals surface area contributed by atoms with Crippen LogP contribution in [0, 0.1) is 0 Å². The minimum atomic E-state index is 0.119. The number of benzene rings is 1. The van der Waals surface area contributed by atoms with E-state index >= 15 is 0 Å². The van der Waals surface area contributed by atoms with Crippen LogP contribution in [0.25, 0.3) is 11.3 Å². The van der Waals surface area contributed by atoms with Gasteiger partial charge in [-0.3, -0.25) is 0 Å². The van der Waals surface area contributed by atoms with Gasteiger partial charge in [-0.2, -0.15) is 0 Å². The molecule has 2 aromatic rings. The molecule has 0 radical (unpaired) electrons. The van der Waals surface area contributed by atoms with Gasteiger partial charge in [-0.15, -0.1) is 0 Å². The summed E-state index contributed by atoms with van der Waals surface area (Å²) in [4.78, 5) is 8.25. The zero-order valence-corrected chi connectivity index (χ0v) is 9.42. The van der Waals surface area contributed by atoms with Gasteiger partial charge in [0.15, 0.2) is 5.75 Å². The van der Waals surface area contributed by atoms with Gasteiger partial charge >= 0.3 is 0 Å². The lowest BCUT2D eigenvalue weighted by molar-refractivity contribution is 0.241. The maximum atomic E-state index is 5.67. The van der Waals surface area contributed by atoms with E-state index in [4.69, 9.17) is 4.74 Å². The predicted octanol–water partition coefficient (Wildman–Crippen LogP) is 2.93. The van der Waals surface area contributed by atoms with Crippen molar-refractivity contribution in [1.82, 2.24) is 9.97 Å². The summed E-state index contributed by atoms with van der Waals surface area (Å²) in [6, 6.07) is 9.96. The minimum absolute atomic E-state index is 0.119. The van der Waals surface area contributed by atoms with Gasteiger partial charge in [-0.05, 0) is 13.8 Å². The van der Waals surface area contributed by atoms with Crippen molar-refractivity contribution < 1.29 is 4.74 Å². The molecule has 3 nitrogen and oxygen atoms in total. The van der Waals surface area contributed by atoms with Crippen LogP contribution in [0.4, 0.5) is 0 Å². The molecule has 82 valence electrons. The number of aromatic nitrogens is 2. The largest absolute Gasteiger partial charge is 0.487 e. The molecular formula is C13H14N2O. The molecule has 0 amide bonds. The van der Waals surface area contributed by atoms with Crippen LogP contribution < -0.4 is 4.74 Å². The lowest BCUT2D eigenvalue weighted by Crippen LogP contribution is -2.07. The average molecular weight is 214 g/mol. The molecule has 1 aromatic heterocycles. The summed E-state index contributed by atoms with van der Waals surface area (Å²) in [6.07, 6.45) is 3.36. The summed E-state index contributed by atoms with van der Waals surface area (Å²) in [6.45, 7) is 3.98. The topological polar surface area (TPSA) is 35.0 Å². The molecule has 0 saturated carbocycles. The third-order valence-corrected chi connectivity index (χ3v) is 2.09. The third kappa shape index (κ3) is 2.37. The fraction of sp³-hybridized carbons (Fsp3) is 0.231. The Hall–Kier alpha value is -1.90. The van der Waals surface area contributed by atoms with Crippen LogP contribution in [-0.2, 0) is 0 Å². The summed E-state index contributed by atoms with van der Waals surface area (Å²) in [5, 5.41) is 0. The van der Waals surface area contributed by atoms with Gasteiger partial charge in [0.2, 0.25) is 0 Å². The SMILES string of the molecule is CC(C)Oc1cncnc1-c1ccccc1. The summed E-state index contributed by atoms with van der Waals surface area (Å²) in [5.41, 5.74) is 1.88. The second kappa shape index (κ2) is 4.75. The van der Waals surface area contributed by atoms with Crippen LogP contribution in [-0.4, -0.2) is 16.1 Å². The first-order valence-corrected chi connectivity index (χ1v) is 5.29. The average Bonchev–Trinajstić information content (AvgIpc) is 2.30. The molecule has 16 heavy (non-hydrogen) atoms. The first-order valence-electron chi connectivity index (χ1n) is 5.29. The molecule has 3 heteroatoms. The van der Waals surface area contributed by atoms with E-state index in [1.165, 1.54) is 6.33 Å². The Morgan fingerprint density at radius 1 is 1.12 bits per heavy atom. The van der Waals surface area contributed by atoms with Crippen LogP contribution in [0.2, 0.25) is 0 Å². The summed E-state index contributed by atoms with van der Waals surface area (Å²) in [7, 11) is 0. The van der Waals surface area contributed by atoms with Crippen LogP contribution in [0.5, 0.6) is 5.75 Å². The van der Waals surface area contributed by atoms with Crippen molar-refractivity contribution in [2.24, 2.45) is 0 Å². The fourth-order valence-corrected chi connectivity index (χ4v) is 1.47. The molecule has 0 unspecified atom stereocenters. The molecule has 0 fully saturated rings. The molecule has 0 aliphatic carbocycles. The van der Waals surface area contributed by atoms with Crippen molar-refractivity contribution in [2.75, 3.05) is 0 Å². The quantitative estimate of drug-likeness (QED) is 0.788. The maximum Gasteiger partial charge on any atom is 0.164 e. The van der Waals surface area contributed by atoms with E-state index in [1.54, 1.807) is 6.20 Å². The highest BCUT2D eigenvalue weighted by Crippen LogP contribution is 2.26. The van der Waals surface area contributed by atoms with Crippen molar-refractivity contribution in [3.63, 3.8) is 0 Å². The fourth-order valence-electron chi connectivity index (χ4n) is 1.47. The molecule has 2 rings (SSSR count). The van der Waals surface area contributed by atoms with E-state index in [-0.39, 0.29) is 6.10 Å². The van der Waals surface area contributed by atoms with Crippen molar-refractivity contribution in [2.45, 2.75) is 20.0 Å². The summed E-state index contributed by atoms with van der Waals surface area (Å²) < 4.78 is 5.67. The molecule has 0 N–H and O–H groups in total. The van der Waals surface area contributed by atoms with Crippen LogP contribution in [0.15, 0.2) is 42.9 Å². The Labute approximate surface area is 95.1 Å². The molecule has 0 atom stereocenters. The molecule has 1 heterocycles. The first kappa shape index (κ1) is 10.6. The van der Waals surface area contributed by atoms with E-state index < -0.39 is 0 Å². The number of nitrogens with zero attached hydrogens (tertiary/aromatic N) is 2. The van der Waals surface area contributed by atoms with E-state index in [9.17, 15) is 0 Å². The van der Waals surface area contributed by atoms with Gasteiger partial charge in [0, 0.05) is 5.56 Å². The summed E-state index contributed by atoms with van der Waals surface area (Å²) >= 11 is 0. The predicted molar refractivity (Wildman–Crippen MR) is 63.2 cm³/mol. The van der Waals surface area contributed by atoms with Gasteiger partial charge in [0.25, 0.3) is 0 Å². The highest BCUT2D eigenvalue weighted by Gasteiger charge is 2.08. The number of hydrogen-bond acceptors (Lipinski definition) is 3.